The molecular formula is C13H19NO4. The van der Waals surface area contributed by atoms with Crippen molar-refractivity contribution in [2.45, 2.75) is 33.1 Å². The second-order valence-electron chi connectivity index (χ2n) is 4.10. The first-order chi connectivity index (χ1) is 8.60. The smallest absolute Gasteiger partial charge is 0.276 e. The molecule has 0 heterocycles. The van der Waals surface area contributed by atoms with Crippen LogP contribution < -0.4 is 9.47 Å². The summed E-state index contributed by atoms with van der Waals surface area (Å²) in [6, 6.07) is 3.06. The normalized spacial score (nSPS) is 10.2. The Morgan fingerprint density at radius 1 is 1.28 bits per heavy atom. The fourth-order valence-corrected chi connectivity index (χ4v) is 1.65. The van der Waals surface area contributed by atoms with Crippen molar-refractivity contribution in [3.8, 4) is 11.5 Å². The highest BCUT2D eigenvalue weighted by atomic mass is 16.6. The summed E-state index contributed by atoms with van der Waals surface area (Å²) in [6.45, 7) is 4.34. The average Bonchev–Trinajstić information content (AvgIpc) is 2.35. The molecular weight excluding hydrogens is 234 g/mol. The number of hydrogen-bond acceptors (Lipinski definition) is 4. The average molecular weight is 253 g/mol. The molecule has 0 spiro atoms. The standard InChI is InChI=1S/C13H19NO4/c1-4-5-6-7-18-13-9-11(14(15)16)10(2)8-12(13)17-3/h8-9H,4-7H2,1-3H3. The van der Waals surface area contributed by atoms with Gasteiger partial charge in [0, 0.05) is 5.56 Å². The monoisotopic (exact) mass is 253 g/mol. The second-order valence-corrected chi connectivity index (χ2v) is 4.10. The molecule has 0 aromatic heterocycles. The molecule has 0 aliphatic rings. The van der Waals surface area contributed by atoms with Gasteiger partial charge in [0.25, 0.3) is 5.69 Å². The van der Waals surface area contributed by atoms with Gasteiger partial charge in [0.1, 0.15) is 0 Å². The number of benzene rings is 1. The van der Waals surface area contributed by atoms with Crippen LogP contribution in [0, 0.1) is 17.0 Å². The zero-order valence-corrected chi connectivity index (χ0v) is 11.1. The summed E-state index contributed by atoms with van der Waals surface area (Å²) < 4.78 is 10.7. The van der Waals surface area contributed by atoms with Crippen LogP contribution in [0.3, 0.4) is 0 Å². The second kappa shape index (κ2) is 6.83. The minimum Gasteiger partial charge on any atom is -0.493 e. The first-order valence-corrected chi connectivity index (χ1v) is 6.06. The van der Waals surface area contributed by atoms with Gasteiger partial charge in [-0.1, -0.05) is 19.8 Å². The Kier molecular flexibility index (Phi) is 5.42. The van der Waals surface area contributed by atoms with E-state index in [2.05, 4.69) is 6.92 Å². The van der Waals surface area contributed by atoms with Crippen molar-refractivity contribution in [3.05, 3.63) is 27.8 Å². The Morgan fingerprint density at radius 2 is 2.00 bits per heavy atom. The first kappa shape index (κ1) is 14.3. The zero-order valence-electron chi connectivity index (χ0n) is 11.1. The third kappa shape index (κ3) is 3.61. The highest BCUT2D eigenvalue weighted by molar-refractivity contribution is 5.53. The van der Waals surface area contributed by atoms with Gasteiger partial charge in [-0.15, -0.1) is 0 Å². The maximum atomic E-state index is 10.9. The largest absolute Gasteiger partial charge is 0.493 e. The molecule has 0 atom stereocenters. The van der Waals surface area contributed by atoms with Crippen LogP contribution in [0.25, 0.3) is 0 Å². The highest BCUT2D eigenvalue weighted by Gasteiger charge is 2.16. The van der Waals surface area contributed by atoms with Gasteiger partial charge in [-0.2, -0.15) is 0 Å². The highest BCUT2D eigenvalue weighted by Crippen LogP contribution is 2.34. The number of unbranched alkanes of at least 4 members (excludes halogenated alkanes) is 2. The molecule has 0 radical (unpaired) electrons. The molecule has 1 aromatic rings. The number of hydrogen-bond donors (Lipinski definition) is 0. The fourth-order valence-electron chi connectivity index (χ4n) is 1.65. The molecule has 18 heavy (non-hydrogen) atoms. The van der Waals surface area contributed by atoms with Gasteiger partial charge in [-0.3, -0.25) is 10.1 Å². The SMILES string of the molecule is CCCCCOc1cc([N+](=O)[O-])c(C)cc1OC. The van der Waals surface area contributed by atoms with Gasteiger partial charge in [0.15, 0.2) is 11.5 Å². The number of aryl methyl sites for hydroxylation is 1. The minimum absolute atomic E-state index is 0.0568. The van der Waals surface area contributed by atoms with Crippen LogP contribution in [0.15, 0.2) is 12.1 Å². The molecule has 0 aliphatic carbocycles. The number of methoxy groups -OCH3 is 1. The minimum atomic E-state index is -0.409. The fraction of sp³-hybridized carbons (Fsp3) is 0.538. The Labute approximate surface area is 107 Å². The van der Waals surface area contributed by atoms with Crippen molar-refractivity contribution < 1.29 is 14.4 Å². The van der Waals surface area contributed by atoms with Gasteiger partial charge in [0.05, 0.1) is 24.7 Å². The van der Waals surface area contributed by atoms with Crippen LogP contribution in [0.1, 0.15) is 31.7 Å². The van der Waals surface area contributed by atoms with Gasteiger partial charge in [-0.25, -0.2) is 0 Å². The lowest BCUT2D eigenvalue weighted by molar-refractivity contribution is -0.385. The van der Waals surface area contributed by atoms with Crippen LogP contribution in [-0.4, -0.2) is 18.6 Å². The molecule has 0 fully saturated rings. The lowest BCUT2D eigenvalue weighted by atomic mass is 10.2. The van der Waals surface area contributed by atoms with Crippen molar-refractivity contribution in [1.82, 2.24) is 0 Å². The van der Waals surface area contributed by atoms with Crippen molar-refractivity contribution in [2.75, 3.05) is 13.7 Å². The van der Waals surface area contributed by atoms with E-state index in [1.165, 1.54) is 13.2 Å². The Hall–Kier alpha value is -1.78. The molecule has 0 N–H and O–H groups in total. The summed E-state index contributed by atoms with van der Waals surface area (Å²) in [5.41, 5.74) is 0.624. The van der Waals surface area contributed by atoms with Crippen LogP contribution in [0.4, 0.5) is 5.69 Å². The molecule has 1 aromatic carbocycles. The summed E-state index contributed by atoms with van der Waals surface area (Å²) in [7, 11) is 1.53. The van der Waals surface area contributed by atoms with E-state index in [0.29, 0.717) is 23.7 Å². The molecule has 100 valence electrons. The van der Waals surface area contributed by atoms with E-state index < -0.39 is 4.92 Å². The number of nitrogens with zero attached hydrogens (tertiary/aromatic N) is 1. The lowest BCUT2D eigenvalue weighted by Crippen LogP contribution is -2.01. The first-order valence-electron chi connectivity index (χ1n) is 6.06. The van der Waals surface area contributed by atoms with Crippen molar-refractivity contribution in [1.29, 1.82) is 0 Å². The topological polar surface area (TPSA) is 61.6 Å². The van der Waals surface area contributed by atoms with Gasteiger partial charge < -0.3 is 9.47 Å². The predicted octanol–water partition coefficient (Wildman–Crippen LogP) is 3.48. The molecule has 5 nitrogen and oxygen atoms in total. The van der Waals surface area contributed by atoms with E-state index >= 15 is 0 Å². The van der Waals surface area contributed by atoms with Crippen LogP contribution in [0.5, 0.6) is 11.5 Å². The van der Waals surface area contributed by atoms with E-state index in [0.717, 1.165) is 19.3 Å². The summed E-state index contributed by atoms with van der Waals surface area (Å²) in [5, 5.41) is 10.9. The number of rotatable bonds is 7. The van der Waals surface area contributed by atoms with Crippen LogP contribution in [0.2, 0.25) is 0 Å². The summed E-state index contributed by atoms with van der Waals surface area (Å²) in [4.78, 5) is 10.5. The third-order valence-electron chi connectivity index (χ3n) is 2.68. The summed E-state index contributed by atoms with van der Waals surface area (Å²) in [5.74, 6) is 0.973. The van der Waals surface area contributed by atoms with E-state index in [-0.39, 0.29) is 5.69 Å². The van der Waals surface area contributed by atoms with Crippen molar-refractivity contribution >= 4 is 5.69 Å². The van der Waals surface area contributed by atoms with Crippen LogP contribution >= 0.6 is 0 Å². The number of ether oxygens (including phenoxy) is 2. The third-order valence-corrected chi connectivity index (χ3v) is 2.68. The van der Waals surface area contributed by atoms with Gasteiger partial charge in [-0.05, 0) is 19.4 Å². The molecule has 0 bridgehead atoms. The molecule has 0 amide bonds. The Bertz CT molecular complexity index is 418. The molecule has 0 aliphatic heterocycles. The van der Waals surface area contributed by atoms with Gasteiger partial charge in [0.2, 0.25) is 0 Å². The molecule has 0 unspecified atom stereocenters. The Balaban J connectivity index is 2.86. The summed E-state index contributed by atoms with van der Waals surface area (Å²) in [6.07, 6.45) is 3.12. The summed E-state index contributed by atoms with van der Waals surface area (Å²) >= 11 is 0. The quantitative estimate of drug-likeness (QED) is 0.424. The predicted molar refractivity (Wildman–Crippen MR) is 69.4 cm³/mol. The van der Waals surface area contributed by atoms with Crippen LogP contribution in [-0.2, 0) is 0 Å². The molecule has 5 heteroatoms. The van der Waals surface area contributed by atoms with E-state index in [1.54, 1.807) is 13.0 Å². The lowest BCUT2D eigenvalue weighted by Gasteiger charge is -2.11. The molecule has 1 rings (SSSR count). The number of nitro benzene ring substituents is 1. The maximum Gasteiger partial charge on any atom is 0.276 e. The Morgan fingerprint density at radius 3 is 2.56 bits per heavy atom. The maximum absolute atomic E-state index is 10.9. The van der Waals surface area contributed by atoms with E-state index in [4.69, 9.17) is 9.47 Å². The molecule has 0 saturated carbocycles. The van der Waals surface area contributed by atoms with Gasteiger partial charge >= 0.3 is 0 Å². The van der Waals surface area contributed by atoms with E-state index in [1.807, 2.05) is 0 Å². The van der Waals surface area contributed by atoms with Crippen molar-refractivity contribution in [2.24, 2.45) is 0 Å². The number of nitro groups is 1. The van der Waals surface area contributed by atoms with E-state index in [9.17, 15) is 10.1 Å². The molecule has 0 saturated heterocycles. The van der Waals surface area contributed by atoms with Crippen molar-refractivity contribution in [3.63, 3.8) is 0 Å². The zero-order chi connectivity index (χ0) is 13.5.